The van der Waals surface area contributed by atoms with Crippen molar-refractivity contribution < 1.29 is 4.79 Å². The number of carbonyl (C=O) groups excluding carboxylic acids is 1. The fourth-order valence-corrected chi connectivity index (χ4v) is 3.72. The Bertz CT molecular complexity index is 597. The van der Waals surface area contributed by atoms with Crippen LogP contribution in [0.15, 0.2) is 6.33 Å². The maximum atomic E-state index is 13.4. The second-order valence-corrected chi connectivity index (χ2v) is 7.41. The van der Waals surface area contributed by atoms with Crippen LogP contribution in [0, 0.1) is 0 Å². The molecule has 0 saturated carbocycles. The summed E-state index contributed by atoms with van der Waals surface area (Å²) in [6, 6.07) is 0.329. The van der Waals surface area contributed by atoms with Gasteiger partial charge in [0, 0.05) is 44.5 Å². The first-order valence-electron chi connectivity index (χ1n) is 9.09. The molecule has 132 valence electrons. The predicted octanol–water partition coefficient (Wildman–Crippen LogP) is 0.653. The van der Waals surface area contributed by atoms with Crippen LogP contribution in [-0.4, -0.2) is 59.5 Å². The van der Waals surface area contributed by atoms with Crippen molar-refractivity contribution in [2.45, 2.75) is 51.5 Å². The predicted molar refractivity (Wildman–Crippen MR) is 94.0 cm³/mol. The first-order chi connectivity index (χ1) is 11.5. The third-order valence-electron chi connectivity index (χ3n) is 5.14. The van der Waals surface area contributed by atoms with Gasteiger partial charge < -0.3 is 15.5 Å². The molecule has 6 heteroatoms. The average Bonchev–Trinajstić information content (AvgIpc) is 3.08. The van der Waals surface area contributed by atoms with Crippen molar-refractivity contribution in [2.75, 3.05) is 32.7 Å². The Morgan fingerprint density at radius 3 is 2.79 bits per heavy atom. The van der Waals surface area contributed by atoms with Gasteiger partial charge in [-0.05, 0) is 31.7 Å². The largest absolute Gasteiger partial charge is 0.339 e. The summed E-state index contributed by atoms with van der Waals surface area (Å²) < 4.78 is 0. The van der Waals surface area contributed by atoms with E-state index in [1.165, 1.54) is 5.56 Å². The molecule has 1 atom stereocenters. The molecule has 2 N–H and O–H groups in total. The molecule has 2 heterocycles. The minimum atomic E-state index is -0.640. The number of aryl methyl sites for hydroxylation is 1. The van der Waals surface area contributed by atoms with E-state index >= 15 is 0 Å². The van der Waals surface area contributed by atoms with E-state index in [-0.39, 0.29) is 5.91 Å². The Hall–Kier alpha value is -1.53. The molecule has 1 aliphatic carbocycles. The van der Waals surface area contributed by atoms with Crippen LogP contribution in [-0.2, 0) is 23.1 Å². The van der Waals surface area contributed by atoms with Gasteiger partial charge in [0.1, 0.15) is 11.7 Å². The summed E-state index contributed by atoms with van der Waals surface area (Å²) in [5.74, 6) is 0.185. The van der Waals surface area contributed by atoms with Gasteiger partial charge in [-0.2, -0.15) is 0 Å². The molecule has 1 aliphatic heterocycles. The van der Waals surface area contributed by atoms with Gasteiger partial charge >= 0.3 is 0 Å². The molecule has 0 bridgehead atoms. The average molecular weight is 331 g/mol. The minimum Gasteiger partial charge on any atom is -0.339 e. The second kappa shape index (κ2) is 7.15. The Morgan fingerprint density at radius 1 is 1.33 bits per heavy atom. The zero-order valence-corrected chi connectivity index (χ0v) is 15.1. The molecule has 3 rings (SSSR count). The molecule has 1 aromatic rings. The minimum absolute atomic E-state index is 0.185. The number of piperazine rings is 1. The van der Waals surface area contributed by atoms with Crippen molar-refractivity contribution in [3.05, 3.63) is 23.3 Å². The Kier molecular flexibility index (Phi) is 5.15. The third-order valence-corrected chi connectivity index (χ3v) is 5.14. The van der Waals surface area contributed by atoms with Crippen LogP contribution in [0.2, 0.25) is 0 Å². The summed E-state index contributed by atoms with van der Waals surface area (Å²) in [6.45, 7) is 10.1. The summed E-state index contributed by atoms with van der Waals surface area (Å²) in [5, 5.41) is 6.79. The summed E-state index contributed by atoms with van der Waals surface area (Å²) >= 11 is 0. The number of nitrogens with one attached hydrogen (secondary N) is 2. The number of nitrogens with zero attached hydrogens (tertiary/aromatic N) is 3. The van der Waals surface area contributed by atoms with Crippen molar-refractivity contribution in [3.8, 4) is 0 Å². The normalized spacial score (nSPS) is 20.1. The second-order valence-electron chi connectivity index (χ2n) is 7.41. The molecule has 1 fully saturated rings. The van der Waals surface area contributed by atoms with Gasteiger partial charge in [0.25, 0.3) is 0 Å². The van der Waals surface area contributed by atoms with E-state index in [2.05, 4.69) is 34.4 Å². The molecule has 0 spiro atoms. The summed E-state index contributed by atoms with van der Waals surface area (Å²) in [7, 11) is 0. The zero-order valence-electron chi connectivity index (χ0n) is 15.1. The number of hydrogen-bond donors (Lipinski definition) is 2. The highest BCUT2D eigenvalue weighted by atomic mass is 16.2. The first kappa shape index (κ1) is 17.3. The molecule has 1 aromatic heterocycles. The topological polar surface area (TPSA) is 70.2 Å². The highest BCUT2D eigenvalue weighted by molar-refractivity contribution is 5.88. The fraction of sp³-hybridized carbons (Fsp3) is 0.722. The van der Waals surface area contributed by atoms with Crippen LogP contribution in [0.3, 0.4) is 0 Å². The van der Waals surface area contributed by atoms with Crippen molar-refractivity contribution in [1.29, 1.82) is 0 Å². The number of carbonyl (C=O) groups is 1. The molecule has 6 nitrogen and oxygen atoms in total. The molecule has 1 saturated heterocycles. The molecule has 0 aromatic carbocycles. The van der Waals surface area contributed by atoms with E-state index in [0.29, 0.717) is 12.6 Å². The highest BCUT2D eigenvalue weighted by Gasteiger charge is 2.42. The van der Waals surface area contributed by atoms with Crippen LogP contribution >= 0.6 is 0 Å². The molecular formula is C18H29N5O. The van der Waals surface area contributed by atoms with Crippen LogP contribution in [0.5, 0.6) is 0 Å². The highest BCUT2D eigenvalue weighted by Crippen LogP contribution is 2.32. The summed E-state index contributed by atoms with van der Waals surface area (Å²) in [6.07, 6.45) is 4.73. The molecule has 24 heavy (non-hydrogen) atoms. The SMILES string of the molecule is CC(C)NCC(C)(C(=O)N1CCNCC1)c1ncnc2c1CCC2. The first-order valence-corrected chi connectivity index (χ1v) is 9.09. The number of fused-ring (bicyclic) bond motifs is 1. The van der Waals surface area contributed by atoms with Gasteiger partial charge in [-0.15, -0.1) is 0 Å². The number of hydrogen-bond acceptors (Lipinski definition) is 5. The van der Waals surface area contributed by atoms with Gasteiger partial charge in [0.15, 0.2) is 0 Å². The number of aromatic nitrogens is 2. The Labute approximate surface area is 144 Å². The lowest BCUT2D eigenvalue weighted by atomic mass is 9.81. The van der Waals surface area contributed by atoms with E-state index < -0.39 is 5.41 Å². The maximum Gasteiger partial charge on any atom is 0.235 e. The third kappa shape index (κ3) is 3.30. The van der Waals surface area contributed by atoms with Gasteiger partial charge in [-0.3, -0.25) is 4.79 Å². The number of rotatable bonds is 5. The van der Waals surface area contributed by atoms with Crippen LogP contribution in [0.25, 0.3) is 0 Å². The fourth-order valence-electron chi connectivity index (χ4n) is 3.72. The smallest absolute Gasteiger partial charge is 0.235 e. The monoisotopic (exact) mass is 331 g/mol. The van der Waals surface area contributed by atoms with Gasteiger partial charge in [0.2, 0.25) is 5.91 Å². The standard InChI is InChI=1S/C18H29N5O/c1-13(2)20-11-18(3,17(24)23-9-7-19-8-10-23)16-14-5-4-6-15(14)21-12-22-16/h12-13,19-20H,4-11H2,1-3H3. The molecule has 1 unspecified atom stereocenters. The van der Waals surface area contributed by atoms with Gasteiger partial charge in [-0.25, -0.2) is 9.97 Å². The van der Waals surface area contributed by atoms with Crippen LogP contribution in [0.4, 0.5) is 0 Å². The van der Waals surface area contributed by atoms with Crippen molar-refractivity contribution in [3.63, 3.8) is 0 Å². The summed E-state index contributed by atoms with van der Waals surface area (Å²) in [4.78, 5) is 24.5. The molecule has 2 aliphatic rings. The quantitative estimate of drug-likeness (QED) is 0.829. The van der Waals surface area contributed by atoms with Crippen LogP contribution < -0.4 is 10.6 Å². The lowest BCUT2D eigenvalue weighted by Gasteiger charge is -2.37. The lowest BCUT2D eigenvalue weighted by Crippen LogP contribution is -2.56. The van der Waals surface area contributed by atoms with E-state index in [1.54, 1.807) is 6.33 Å². The lowest BCUT2D eigenvalue weighted by molar-refractivity contribution is -0.137. The van der Waals surface area contributed by atoms with Crippen molar-refractivity contribution >= 4 is 5.91 Å². The maximum absolute atomic E-state index is 13.4. The molecule has 1 amide bonds. The summed E-state index contributed by atoms with van der Waals surface area (Å²) in [5.41, 5.74) is 2.62. The zero-order chi connectivity index (χ0) is 17.2. The Balaban J connectivity index is 1.96. The van der Waals surface area contributed by atoms with E-state index in [0.717, 1.165) is 56.8 Å². The Morgan fingerprint density at radius 2 is 2.08 bits per heavy atom. The van der Waals surface area contributed by atoms with E-state index in [4.69, 9.17) is 0 Å². The number of amides is 1. The van der Waals surface area contributed by atoms with Gasteiger partial charge in [0.05, 0.1) is 5.69 Å². The van der Waals surface area contributed by atoms with Crippen molar-refractivity contribution in [2.24, 2.45) is 0 Å². The van der Waals surface area contributed by atoms with Crippen LogP contribution in [0.1, 0.15) is 44.1 Å². The molecule has 0 radical (unpaired) electrons. The van der Waals surface area contributed by atoms with Crippen molar-refractivity contribution in [1.82, 2.24) is 25.5 Å². The molecular weight excluding hydrogens is 302 g/mol. The van der Waals surface area contributed by atoms with E-state index in [9.17, 15) is 4.79 Å². The van der Waals surface area contributed by atoms with Gasteiger partial charge in [-0.1, -0.05) is 13.8 Å². The van der Waals surface area contributed by atoms with E-state index in [1.807, 2.05) is 11.8 Å².